The van der Waals surface area contributed by atoms with Crippen LogP contribution in [-0.4, -0.2) is 36.2 Å². The summed E-state index contributed by atoms with van der Waals surface area (Å²) in [4.78, 5) is 18.3. The normalized spacial score (nSPS) is 11.0. The van der Waals surface area contributed by atoms with Crippen LogP contribution in [0.3, 0.4) is 0 Å². The van der Waals surface area contributed by atoms with Gasteiger partial charge in [-0.1, -0.05) is 0 Å². The lowest BCUT2D eigenvalue weighted by atomic mass is 10.2. The number of carbonyl (C=O) groups is 1. The van der Waals surface area contributed by atoms with Gasteiger partial charge in [-0.25, -0.2) is 4.98 Å². The maximum atomic E-state index is 12.5. The molecule has 0 radical (unpaired) electrons. The Bertz CT molecular complexity index is 569. The average Bonchev–Trinajstić information content (AvgIpc) is 2.94. The largest absolute Gasteiger partial charge is 0.330 e. The van der Waals surface area contributed by atoms with Crippen molar-refractivity contribution in [2.24, 2.45) is 14.1 Å². The second-order valence-electron chi connectivity index (χ2n) is 4.94. The second kappa shape index (κ2) is 5.26. The first kappa shape index (κ1) is 13.3. The lowest BCUT2D eigenvalue weighted by Gasteiger charge is -2.26. The molecule has 0 saturated carbocycles. The first-order valence-corrected chi connectivity index (χ1v) is 6.24. The lowest BCUT2D eigenvalue weighted by Crippen LogP contribution is -2.37. The summed E-state index contributed by atoms with van der Waals surface area (Å²) in [5.74, 6) is -0.0150. The van der Waals surface area contributed by atoms with Crippen LogP contribution in [0.15, 0.2) is 24.9 Å². The van der Waals surface area contributed by atoms with Crippen LogP contribution in [-0.2, 0) is 20.6 Å². The van der Waals surface area contributed by atoms with Crippen molar-refractivity contribution in [2.45, 2.75) is 26.4 Å². The molecule has 2 rings (SSSR count). The molecule has 6 heteroatoms. The molecule has 102 valence electrons. The Kier molecular flexibility index (Phi) is 3.69. The number of imidazole rings is 1. The maximum absolute atomic E-state index is 12.5. The van der Waals surface area contributed by atoms with E-state index in [1.165, 1.54) is 0 Å². The van der Waals surface area contributed by atoms with Gasteiger partial charge in [0.25, 0.3) is 5.91 Å². The number of rotatable bonds is 4. The molecule has 0 aliphatic carbocycles. The molecule has 0 bridgehead atoms. The molecule has 0 aliphatic rings. The van der Waals surface area contributed by atoms with E-state index < -0.39 is 0 Å². The van der Waals surface area contributed by atoms with E-state index in [1.807, 2.05) is 39.0 Å². The van der Waals surface area contributed by atoms with Crippen molar-refractivity contribution >= 4 is 5.91 Å². The monoisotopic (exact) mass is 261 g/mol. The van der Waals surface area contributed by atoms with Crippen LogP contribution in [0.5, 0.6) is 0 Å². The molecule has 0 saturated heterocycles. The molecule has 0 aromatic carbocycles. The van der Waals surface area contributed by atoms with Crippen molar-refractivity contribution in [1.29, 1.82) is 0 Å². The van der Waals surface area contributed by atoms with Gasteiger partial charge in [0.05, 0.1) is 18.7 Å². The van der Waals surface area contributed by atoms with E-state index in [0.717, 1.165) is 5.56 Å². The highest BCUT2D eigenvalue weighted by molar-refractivity contribution is 5.92. The van der Waals surface area contributed by atoms with Gasteiger partial charge < -0.3 is 9.47 Å². The SMILES string of the molecule is CC(C)N(Cc1cnn(C)c1)C(=O)c1cncn1C. The third-order valence-electron chi connectivity index (χ3n) is 3.03. The van der Waals surface area contributed by atoms with Gasteiger partial charge in [0.1, 0.15) is 5.69 Å². The van der Waals surface area contributed by atoms with Gasteiger partial charge >= 0.3 is 0 Å². The Morgan fingerprint density at radius 3 is 2.58 bits per heavy atom. The van der Waals surface area contributed by atoms with Crippen LogP contribution >= 0.6 is 0 Å². The van der Waals surface area contributed by atoms with Gasteiger partial charge in [-0.2, -0.15) is 5.10 Å². The minimum Gasteiger partial charge on any atom is -0.330 e. The smallest absolute Gasteiger partial charge is 0.272 e. The van der Waals surface area contributed by atoms with Gasteiger partial charge in [-0.3, -0.25) is 9.48 Å². The van der Waals surface area contributed by atoms with Crippen molar-refractivity contribution < 1.29 is 4.79 Å². The standard InChI is InChI=1S/C13H19N5O/c1-10(2)18(8-11-5-15-17(4)7-11)13(19)12-6-14-9-16(12)3/h5-7,9-10H,8H2,1-4H3. The zero-order valence-electron chi connectivity index (χ0n) is 11.7. The number of hydrogen-bond acceptors (Lipinski definition) is 3. The molecule has 6 nitrogen and oxygen atoms in total. The van der Waals surface area contributed by atoms with E-state index in [1.54, 1.807) is 28.0 Å². The van der Waals surface area contributed by atoms with Crippen LogP contribution in [0, 0.1) is 0 Å². The summed E-state index contributed by atoms with van der Waals surface area (Å²) in [6.45, 7) is 4.56. The minimum atomic E-state index is -0.0150. The summed E-state index contributed by atoms with van der Waals surface area (Å²) in [5.41, 5.74) is 1.62. The minimum absolute atomic E-state index is 0.0150. The quantitative estimate of drug-likeness (QED) is 0.831. The Morgan fingerprint density at radius 2 is 2.11 bits per heavy atom. The fourth-order valence-electron chi connectivity index (χ4n) is 1.95. The Labute approximate surface area is 112 Å². The Morgan fingerprint density at radius 1 is 1.37 bits per heavy atom. The molecule has 0 fully saturated rings. The van der Waals surface area contributed by atoms with Crippen molar-refractivity contribution in [3.63, 3.8) is 0 Å². The highest BCUT2D eigenvalue weighted by Crippen LogP contribution is 2.12. The summed E-state index contributed by atoms with van der Waals surface area (Å²) < 4.78 is 3.48. The van der Waals surface area contributed by atoms with Crippen molar-refractivity contribution in [3.8, 4) is 0 Å². The highest BCUT2D eigenvalue weighted by Gasteiger charge is 2.21. The number of hydrogen-bond donors (Lipinski definition) is 0. The van der Waals surface area contributed by atoms with Gasteiger partial charge in [0.15, 0.2) is 0 Å². The molecule has 2 heterocycles. The predicted octanol–water partition coefficient (Wildman–Crippen LogP) is 1.20. The molecule has 0 unspecified atom stereocenters. The summed E-state index contributed by atoms with van der Waals surface area (Å²) >= 11 is 0. The van der Waals surface area contributed by atoms with Crippen molar-refractivity contribution in [3.05, 3.63) is 36.2 Å². The predicted molar refractivity (Wildman–Crippen MR) is 71.4 cm³/mol. The molecule has 0 spiro atoms. The second-order valence-corrected chi connectivity index (χ2v) is 4.94. The van der Waals surface area contributed by atoms with Crippen LogP contribution in [0.4, 0.5) is 0 Å². The number of nitrogens with zero attached hydrogens (tertiary/aromatic N) is 5. The molecule has 2 aromatic heterocycles. The van der Waals surface area contributed by atoms with E-state index in [4.69, 9.17) is 0 Å². The third kappa shape index (κ3) is 2.83. The van der Waals surface area contributed by atoms with Crippen molar-refractivity contribution in [1.82, 2.24) is 24.2 Å². The topological polar surface area (TPSA) is 56.0 Å². The average molecular weight is 261 g/mol. The lowest BCUT2D eigenvalue weighted by molar-refractivity contribution is 0.0680. The molecule has 0 N–H and O–H groups in total. The Hall–Kier alpha value is -2.11. The van der Waals surface area contributed by atoms with Gasteiger partial charge in [0.2, 0.25) is 0 Å². The van der Waals surface area contributed by atoms with Crippen LogP contribution in [0.1, 0.15) is 29.9 Å². The fourth-order valence-corrected chi connectivity index (χ4v) is 1.95. The van der Waals surface area contributed by atoms with Crippen LogP contribution < -0.4 is 0 Å². The molecule has 19 heavy (non-hydrogen) atoms. The van der Waals surface area contributed by atoms with Crippen LogP contribution in [0.2, 0.25) is 0 Å². The summed E-state index contributed by atoms with van der Waals surface area (Å²) in [7, 11) is 3.69. The number of carbonyl (C=O) groups excluding carboxylic acids is 1. The summed E-state index contributed by atoms with van der Waals surface area (Å²) in [5, 5.41) is 4.13. The van der Waals surface area contributed by atoms with Crippen LogP contribution in [0.25, 0.3) is 0 Å². The molecule has 2 aromatic rings. The van der Waals surface area contributed by atoms with E-state index in [-0.39, 0.29) is 11.9 Å². The molecular formula is C13H19N5O. The summed E-state index contributed by atoms with van der Waals surface area (Å²) in [6.07, 6.45) is 6.94. The molecular weight excluding hydrogens is 242 g/mol. The maximum Gasteiger partial charge on any atom is 0.272 e. The summed E-state index contributed by atoms with van der Waals surface area (Å²) in [6, 6.07) is 0.114. The molecule has 0 aliphatic heterocycles. The highest BCUT2D eigenvalue weighted by atomic mass is 16.2. The van der Waals surface area contributed by atoms with E-state index in [9.17, 15) is 4.79 Å². The van der Waals surface area contributed by atoms with Crippen molar-refractivity contribution in [2.75, 3.05) is 0 Å². The van der Waals surface area contributed by atoms with E-state index in [0.29, 0.717) is 12.2 Å². The number of amides is 1. The van der Waals surface area contributed by atoms with E-state index in [2.05, 4.69) is 10.1 Å². The first-order valence-electron chi connectivity index (χ1n) is 6.24. The number of aryl methyl sites for hydroxylation is 2. The molecule has 0 atom stereocenters. The van der Waals surface area contributed by atoms with Gasteiger partial charge in [-0.15, -0.1) is 0 Å². The first-order chi connectivity index (χ1) is 8.99. The van der Waals surface area contributed by atoms with Gasteiger partial charge in [0, 0.05) is 38.4 Å². The fraction of sp³-hybridized carbons (Fsp3) is 0.462. The zero-order valence-corrected chi connectivity index (χ0v) is 11.7. The van der Waals surface area contributed by atoms with Gasteiger partial charge in [-0.05, 0) is 13.8 Å². The number of aromatic nitrogens is 4. The molecule has 1 amide bonds. The van der Waals surface area contributed by atoms with E-state index >= 15 is 0 Å². The zero-order chi connectivity index (χ0) is 14.0. The Balaban J connectivity index is 2.21. The third-order valence-corrected chi connectivity index (χ3v) is 3.03.